The Balaban J connectivity index is 0. The molecule has 0 aromatic rings. The number of allylic oxidation sites excluding steroid dienone is 4. The average Bonchev–Trinajstić information content (AvgIpc) is 2.41. The van der Waals surface area contributed by atoms with Crippen LogP contribution in [0.4, 0.5) is 0 Å². The minimum absolute atomic E-state index is 0.0957. The first-order chi connectivity index (χ1) is 8.65. The Morgan fingerprint density at radius 3 is 2.39 bits per heavy atom. The van der Waals surface area contributed by atoms with Gasteiger partial charge in [0.1, 0.15) is 0 Å². The number of nitrogens with two attached hydrogens (primary N) is 1. The fourth-order valence-electron chi connectivity index (χ4n) is 1.47. The third kappa shape index (κ3) is 10.1. The smallest absolute Gasteiger partial charge is 0.0294 e. The Bertz CT molecular complexity index is 271. The van der Waals surface area contributed by atoms with Crippen LogP contribution in [0, 0.1) is 0 Å². The van der Waals surface area contributed by atoms with E-state index < -0.39 is 0 Å². The first-order valence-electron chi connectivity index (χ1n) is 7.03. The summed E-state index contributed by atoms with van der Waals surface area (Å²) in [5.74, 6) is 0. The molecule has 1 atom stereocenters. The van der Waals surface area contributed by atoms with E-state index >= 15 is 0 Å². The van der Waals surface area contributed by atoms with Gasteiger partial charge in [-0.05, 0) is 38.2 Å². The van der Waals surface area contributed by atoms with E-state index in [-0.39, 0.29) is 6.04 Å². The molecule has 0 aliphatic heterocycles. The van der Waals surface area contributed by atoms with E-state index in [2.05, 4.69) is 20.1 Å². The molecule has 2 N–H and O–H groups in total. The zero-order chi connectivity index (χ0) is 14.4. The molecule has 0 aliphatic rings. The quantitative estimate of drug-likeness (QED) is 0.466. The van der Waals surface area contributed by atoms with Gasteiger partial charge in [-0.3, -0.25) is 0 Å². The molecule has 104 valence electrons. The van der Waals surface area contributed by atoms with Crippen LogP contribution >= 0.6 is 0 Å². The van der Waals surface area contributed by atoms with Crippen LogP contribution in [0.2, 0.25) is 0 Å². The molecule has 1 nitrogen and oxygen atoms in total. The Morgan fingerprint density at radius 1 is 1.33 bits per heavy atom. The maximum Gasteiger partial charge on any atom is 0.0294 e. The zero-order valence-corrected chi connectivity index (χ0v) is 12.7. The van der Waals surface area contributed by atoms with Crippen molar-refractivity contribution in [2.45, 2.75) is 59.4 Å². The Hall–Kier alpha value is -1.08. The molecule has 18 heavy (non-hydrogen) atoms. The van der Waals surface area contributed by atoms with Crippen LogP contribution in [-0.4, -0.2) is 6.04 Å². The number of rotatable bonds is 8. The van der Waals surface area contributed by atoms with Crippen molar-refractivity contribution >= 4 is 0 Å². The van der Waals surface area contributed by atoms with Gasteiger partial charge in [-0.2, -0.15) is 0 Å². The lowest BCUT2D eigenvalue weighted by Crippen LogP contribution is -2.21. The lowest BCUT2D eigenvalue weighted by Gasteiger charge is -2.12. The number of hydrogen-bond donors (Lipinski definition) is 1. The SMILES string of the molecule is C=C/C(=C\C=C/C)C(N)CCCC(=C)CC.CC. The molecular weight excluding hydrogens is 218 g/mol. The summed E-state index contributed by atoms with van der Waals surface area (Å²) in [5.41, 5.74) is 8.52. The van der Waals surface area contributed by atoms with Crippen LogP contribution in [0.15, 0.2) is 48.6 Å². The highest BCUT2D eigenvalue weighted by Crippen LogP contribution is 2.13. The molecule has 1 unspecified atom stereocenters. The van der Waals surface area contributed by atoms with Crippen molar-refractivity contribution in [1.29, 1.82) is 0 Å². The monoisotopic (exact) mass is 249 g/mol. The van der Waals surface area contributed by atoms with Crippen LogP contribution in [-0.2, 0) is 0 Å². The molecule has 1 heteroatoms. The van der Waals surface area contributed by atoms with E-state index in [9.17, 15) is 0 Å². The molecular formula is C17H31N. The standard InChI is InChI=1S/C15H25N.C2H6/c1-5-8-11-14(7-3)15(16)12-9-10-13(4)6-2;1-2/h5,7-8,11,15H,3-4,6,9-10,12,16H2,1-2H3;1-2H3/b8-5-,14-11+;. The molecule has 0 heterocycles. The molecule has 0 fully saturated rings. The molecule has 0 saturated heterocycles. The van der Waals surface area contributed by atoms with Crippen LogP contribution < -0.4 is 5.73 Å². The van der Waals surface area contributed by atoms with Gasteiger partial charge < -0.3 is 5.73 Å². The summed E-state index contributed by atoms with van der Waals surface area (Å²) in [6.07, 6.45) is 12.1. The molecule has 0 saturated carbocycles. The summed E-state index contributed by atoms with van der Waals surface area (Å²) in [6, 6.07) is 0.0957. The molecule has 0 radical (unpaired) electrons. The van der Waals surface area contributed by atoms with Gasteiger partial charge in [-0.1, -0.05) is 63.8 Å². The van der Waals surface area contributed by atoms with Crippen molar-refractivity contribution in [2.24, 2.45) is 5.73 Å². The Kier molecular flexibility index (Phi) is 15.0. The maximum absolute atomic E-state index is 6.09. The lowest BCUT2D eigenvalue weighted by molar-refractivity contribution is 0.644. The lowest BCUT2D eigenvalue weighted by atomic mass is 9.99. The molecule has 0 aliphatic carbocycles. The van der Waals surface area contributed by atoms with Gasteiger partial charge in [-0.25, -0.2) is 0 Å². The summed E-state index contributed by atoms with van der Waals surface area (Å²) >= 11 is 0. The minimum Gasteiger partial charge on any atom is -0.324 e. The third-order valence-corrected chi connectivity index (χ3v) is 2.69. The first-order valence-corrected chi connectivity index (χ1v) is 7.03. The molecule has 0 rings (SSSR count). The summed E-state index contributed by atoms with van der Waals surface area (Å²) in [6.45, 7) is 15.9. The van der Waals surface area contributed by atoms with E-state index in [4.69, 9.17) is 5.73 Å². The second-order valence-electron chi connectivity index (χ2n) is 4.00. The van der Waals surface area contributed by atoms with Crippen molar-refractivity contribution < 1.29 is 0 Å². The maximum atomic E-state index is 6.09. The van der Waals surface area contributed by atoms with Crippen molar-refractivity contribution in [3.8, 4) is 0 Å². The molecule has 0 bridgehead atoms. The van der Waals surface area contributed by atoms with E-state index in [1.807, 2.05) is 45.1 Å². The summed E-state index contributed by atoms with van der Waals surface area (Å²) < 4.78 is 0. The average molecular weight is 249 g/mol. The van der Waals surface area contributed by atoms with Crippen LogP contribution in [0.25, 0.3) is 0 Å². The largest absolute Gasteiger partial charge is 0.324 e. The van der Waals surface area contributed by atoms with Gasteiger partial charge in [0.25, 0.3) is 0 Å². The summed E-state index contributed by atoms with van der Waals surface area (Å²) in [7, 11) is 0. The van der Waals surface area contributed by atoms with Gasteiger partial charge in [0, 0.05) is 6.04 Å². The second-order valence-corrected chi connectivity index (χ2v) is 4.00. The van der Waals surface area contributed by atoms with Gasteiger partial charge in [-0.15, -0.1) is 0 Å². The van der Waals surface area contributed by atoms with Crippen molar-refractivity contribution in [2.75, 3.05) is 0 Å². The molecule has 0 amide bonds. The fourth-order valence-corrected chi connectivity index (χ4v) is 1.47. The van der Waals surface area contributed by atoms with Gasteiger partial charge in [0.2, 0.25) is 0 Å². The van der Waals surface area contributed by atoms with Crippen LogP contribution in [0.1, 0.15) is 53.4 Å². The fraction of sp³-hybridized carbons (Fsp3) is 0.529. The van der Waals surface area contributed by atoms with E-state index in [0.717, 1.165) is 31.3 Å². The van der Waals surface area contributed by atoms with Crippen molar-refractivity contribution in [3.63, 3.8) is 0 Å². The van der Waals surface area contributed by atoms with E-state index in [1.54, 1.807) is 0 Å². The van der Waals surface area contributed by atoms with E-state index in [0.29, 0.717) is 0 Å². The molecule has 0 aromatic heterocycles. The normalized spacial score (nSPS) is 12.8. The Morgan fingerprint density at radius 2 is 1.94 bits per heavy atom. The summed E-state index contributed by atoms with van der Waals surface area (Å²) in [4.78, 5) is 0. The zero-order valence-electron chi connectivity index (χ0n) is 12.7. The summed E-state index contributed by atoms with van der Waals surface area (Å²) in [5, 5.41) is 0. The topological polar surface area (TPSA) is 26.0 Å². The Labute approximate surface area is 114 Å². The van der Waals surface area contributed by atoms with E-state index in [1.165, 1.54) is 5.57 Å². The van der Waals surface area contributed by atoms with Gasteiger partial charge >= 0.3 is 0 Å². The predicted molar refractivity (Wildman–Crippen MR) is 85.7 cm³/mol. The van der Waals surface area contributed by atoms with Crippen molar-refractivity contribution in [1.82, 2.24) is 0 Å². The van der Waals surface area contributed by atoms with Gasteiger partial charge in [0.15, 0.2) is 0 Å². The third-order valence-electron chi connectivity index (χ3n) is 2.69. The highest BCUT2D eigenvalue weighted by Gasteiger charge is 2.05. The molecule has 0 spiro atoms. The second kappa shape index (κ2) is 14.0. The minimum atomic E-state index is 0.0957. The van der Waals surface area contributed by atoms with Crippen LogP contribution in [0.5, 0.6) is 0 Å². The van der Waals surface area contributed by atoms with Gasteiger partial charge in [0.05, 0.1) is 0 Å². The predicted octanol–water partition coefficient (Wildman–Crippen LogP) is 5.16. The highest BCUT2D eigenvalue weighted by atomic mass is 14.6. The highest BCUT2D eigenvalue weighted by molar-refractivity contribution is 5.26. The van der Waals surface area contributed by atoms with Crippen LogP contribution in [0.3, 0.4) is 0 Å². The number of hydrogen-bond acceptors (Lipinski definition) is 1. The van der Waals surface area contributed by atoms with Crippen molar-refractivity contribution in [3.05, 3.63) is 48.6 Å². The first kappa shape index (κ1) is 19.3. The molecule has 0 aromatic carbocycles.